The highest BCUT2D eigenvalue weighted by Gasteiger charge is 2.54. The Hall–Kier alpha value is -2.00. The molecule has 148 valence electrons. The third kappa shape index (κ3) is 2.91. The summed E-state index contributed by atoms with van der Waals surface area (Å²) in [7, 11) is 0. The molecule has 0 radical (unpaired) electrons. The molecule has 5 atom stereocenters. The van der Waals surface area contributed by atoms with E-state index in [1.165, 1.54) is 43.2 Å². The zero-order valence-corrected chi connectivity index (χ0v) is 16.7. The molecule has 5 rings (SSSR count). The summed E-state index contributed by atoms with van der Waals surface area (Å²) in [6.45, 7) is 3.35. The Morgan fingerprint density at radius 2 is 1.86 bits per heavy atom. The number of phenols is 2. The molecule has 0 saturated heterocycles. The molecule has 2 aromatic carbocycles. The number of benzene rings is 2. The van der Waals surface area contributed by atoms with Gasteiger partial charge in [-0.1, -0.05) is 25.1 Å². The van der Waals surface area contributed by atoms with E-state index in [0.29, 0.717) is 28.9 Å². The van der Waals surface area contributed by atoms with Gasteiger partial charge < -0.3 is 15.5 Å². The summed E-state index contributed by atoms with van der Waals surface area (Å²) in [4.78, 5) is 0. The molecule has 2 saturated carbocycles. The number of nitrogens with one attached hydrogen (secondary N) is 1. The molecule has 3 aliphatic rings. The molecule has 0 spiro atoms. The fraction of sp³-hybridized carbons (Fsp3) is 0.520. The van der Waals surface area contributed by atoms with Gasteiger partial charge in [-0.2, -0.15) is 0 Å². The third-order valence-corrected chi connectivity index (χ3v) is 8.17. The predicted molar refractivity (Wildman–Crippen MR) is 111 cm³/mol. The maximum atomic E-state index is 9.86. The summed E-state index contributed by atoms with van der Waals surface area (Å²) >= 11 is 0. The van der Waals surface area contributed by atoms with Crippen LogP contribution in [0.2, 0.25) is 0 Å². The fourth-order valence-corrected chi connectivity index (χ4v) is 6.81. The van der Waals surface area contributed by atoms with Crippen molar-refractivity contribution < 1.29 is 10.2 Å². The number of aromatic hydroxyl groups is 2. The summed E-state index contributed by atoms with van der Waals surface area (Å²) in [6.07, 6.45) is 7.49. The quantitative estimate of drug-likeness (QED) is 0.696. The molecule has 2 fully saturated rings. The van der Waals surface area contributed by atoms with Crippen LogP contribution in [0.15, 0.2) is 42.5 Å². The van der Waals surface area contributed by atoms with Crippen LogP contribution in [0.1, 0.15) is 61.6 Å². The highest BCUT2D eigenvalue weighted by Crippen LogP contribution is 2.61. The fourth-order valence-electron chi connectivity index (χ4n) is 6.81. The van der Waals surface area contributed by atoms with Gasteiger partial charge in [0.15, 0.2) is 0 Å². The van der Waals surface area contributed by atoms with Crippen molar-refractivity contribution in [1.82, 2.24) is 5.32 Å². The van der Waals surface area contributed by atoms with Gasteiger partial charge in [0.2, 0.25) is 0 Å². The lowest BCUT2D eigenvalue weighted by Crippen LogP contribution is -2.48. The monoisotopic (exact) mass is 377 g/mol. The average Bonchev–Trinajstić information content (AvgIpc) is 3.02. The first-order chi connectivity index (χ1) is 13.5. The first kappa shape index (κ1) is 18.1. The number of hydrogen-bond acceptors (Lipinski definition) is 3. The lowest BCUT2D eigenvalue weighted by molar-refractivity contribution is 0.0408. The van der Waals surface area contributed by atoms with Gasteiger partial charge in [-0.05, 0) is 103 Å². The van der Waals surface area contributed by atoms with Crippen molar-refractivity contribution >= 4 is 0 Å². The molecule has 2 aromatic rings. The number of fused-ring (bicyclic) bond motifs is 5. The van der Waals surface area contributed by atoms with E-state index >= 15 is 0 Å². The molecule has 3 nitrogen and oxygen atoms in total. The molecular formula is C25H31NO2. The van der Waals surface area contributed by atoms with E-state index < -0.39 is 0 Å². The smallest absolute Gasteiger partial charge is 0.115 e. The normalized spacial score (nSPS) is 33.8. The van der Waals surface area contributed by atoms with Crippen LogP contribution in [-0.2, 0) is 13.0 Å². The number of phenolic OH excluding ortho intramolecular Hbond substituents is 2. The largest absolute Gasteiger partial charge is 0.508 e. The van der Waals surface area contributed by atoms with Crippen LogP contribution < -0.4 is 5.32 Å². The predicted octanol–water partition coefficient (Wildman–Crippen LogP) is 5.11. The Morgan fingerprint density at radius 1 is 1.00 bits per heavy atom. The lowest BCUT2D eigenvalue weighted by atomic mass is 9.55. The van der Waals surface area contributed by atoms with Gasteiger partial charge in [-0.3, -0.25) is 0 Å². The van der Waals surface area contributed by atoms with Gasteiger partial charge in [0, 0.05) is 12.6 Å². The van der Waals surface area contributed by atoms with E-state index in [1.54, 1.807) is 6.07 Å². The van der Waals surface area contributed by atoms with Gasteiger partial charge in [0.05, 0.1) is 0 Å². The van der Waals surface area contributed by atoms with Crippen LogP contribution in [0.3, 0.4) is 0 Å². The summed E-state index contributed by atoms with van der Waals surface area (Å²) in [5.74, 6) is 3.00. The Kier molecular flexibility index (Phi) is 4.39. The van der Waals surface area contributed by atoms with Gasteiger partial charge >= 0.3 is 0 Å². The van der Waals surface area contributed by atoms with Crippen LogP contribution in [0.4, 0.5) is 0 Å². The van der Waals surface area contributed by atoms with Gasteiger partial charge in [-0.15, -0.1) is 0 Å². The maximum absolute atomic E-state index is 9.86. The molecule has 0 unspecified atom stereocenters. The van der Waals surface area contributed by atoms with E-state index in [9.17, 15) is 10.2 Å². The zero-order valence-electron chi connectivity index (χ0n) is 16.7. The molecule has 0 aliphatic heterocycles. The Morgan fingerprint density at radius 3 is 2.71 bits per heavy atom. The average molecular weight is 378 g/mol. The highest BCUT2D eigenvalue weighted by atomic mass is 16.3. The molecule has 0 aromatic heterocycles. The van der Waals surface area contributed by atoms with E-state index in [2.05, 4.69) is 24.4 Å². The van der Waals surface area contributed by atoms with Gasteiger partial charge in [0.25, 0.3) is 0 Å². The van der Waals surface area contributed by atoms with Gasteiger partial charge in [-0.25, -0.2) is 0 Å². The summed E-state index contributed by atoms with van der Waals surface area (Å²) in [5, 5.41) is 23.4. The summed E-state index contributed by atoms with van der Waals surface area (Å²) in [6, 6.07) is 14.2. The van der Waals surface area contributed by atoms with E-state index in [-0.39, 0.29) is 0 Å². The zero-order chi connectivity index (χ0) is 19.3. The second kappa shape index (κ2) is 6.81. The number of hydrogen-bond donors (Lipinski definition) is 3. The topological polar surface area (TPSA) is 52.5 Å². The van der Waals surface area contributed by atoms with Crippen molar-refractivity contribution in [2.45, 2.75) is 64.0 Å². The molecule has 0 bridgehead atoms. The molecule has 28 heavy (non-hydrogen) atoms. The van der Waals surface area contributed by atoms with Gasteiger partial charge in [0.1, 0.15) is 11.5 Å². The van der Waals surface area contributed by atoms with E-state index in [0.717, 1.165) is 30.4 Å². The minimum absolute atomic E-state index is 0.349. The molecule has 3 heteroatoms. The Balaban J connectivity index is 1.33. The van der Waals surface area contributed by atoms with Crippen LogP contribution in [0.25, 0.3) is 0 Å². The van der Waals surface area contributed by atoms with Crippen LogP contribution in [0, 0.1) is 17.3 Å². The lowest BCUT2D eigenvalue weighted by Gasteiger charge is -2.51. The van der Waals surface area contributed by atoms with Crippen molar-refractivity contribution in [3.8, 4) is 11.5 Å². The SMILES string of the molecule is C[C@@]12CC[C@@H]3c4ccc(O)cc4CC[C@H]3[C@@H]1CC[C@@H]2NCc1cccc(O)c1. The van der Waals surface area contributed by atoms with Crippen molar-refractivity contribution in [2.24, 2.45) is 17.3 Å². The third-order valence-electron chi connectivity index (χ3n) is 8.17. The molecule has 3 aliphatic carbocycles. The van der Waals surface area contributed by atoms with Crippen LogP contribution in [0.5, 0.6) is 11.5 Å². The van der Waals surface area contributed by atoms with Crippen molar-refractivity contribution in [3.63, 3.8) is 0 Å². The van der Waals surface area contributed by atoms with E-state index in [1.807, 2.05) is 24.3 Å². The van der Waals surface area contributed by atoms with Crippen molar-refractivity contribution in [1.29, 1.82) is 0 Å². The Labute approximate surface area is 167 Å². The minimum Gasteiger partial charge on any atom is -0.508 e. The standard InChI is InChI=1S/C25H31NO2/c1-25-12-11-21-20-8-6-19(28)14-17(20)5-7-22(21)23(25)9-10-24(25)26-15-16-3-2-4-18(27)13-16/h2-4,6,8,13-14,21-24,26-28H,5,7,9-12,15H2,1H3/t21-,22-,23+,24+,25-/m1/s1. The molecule has 3 N–H and O–H groups in total. The number of rotatable bonds is 3. The molecule has 0 heterocycles. The van der Waals surface area contributed by atoms with E-state index in [4.69, 9.17) is 0 Å². The van der Waals surface area contributed by atoms with Crippen molar-refractivity contribution in [3.05, 3.63) is 59.2 Å². The second-order valence-corrected chi connectivity index (χ2v) is 9.52. The highest BCUT2D eigenvalue weighted by molar-refractivity contribution is 5.40. The number of aryl methyl sites for hydroxylation is 1. The Bertz CT molecular complexity index is 879. The molecular weight excluding hydrogens is 346 g/mol. The van der Waals surface area contributed by atoms with Crippen LogP contribution in [-0.4, -0.2) is 16.3 Å². The summed E-state index contributed by atoms with van der Waals surface area (Å²) < 4.78 is 0. The minimum atomic E-state index is 0.349. The first-order valence-corrected chi connectivity index (χ1v) is 10.9. The van der Waals surface area contributed by atoms with Crippen LogP contribution >= 0.6 is 0 Å². The molecule has 0 amide bonds. The van der Waals surface area contributed by atoms with Crippen molar-refractivity contribution in [2.75, 3.05) is 0 Å². The first-order valence-electron chi connectivity index (χ1n) is 10.9. The maximum Gasteiger partial charge on any atom is 0.115 e. The summed E-state index contributed by atoms with van der Waals surface area (Å²) in [5.41, 5.74) is 4.41. The second-order valence-electron chi connectivity index (χ2n) is 9.52.